The highest BCUT2D eigenvalue weighted by atomic mass is 79.9. The van der Waals surface area contributed by atoms with Gasteiger partial charge in [0.2, 0.25) is 6.08 Å². The summed E-state index contributed by atoms with van der Waals surface area (Å²) in [4.78, 5) is 14.6. The summed E-state index contributed by atoms with van der Waals surface area (Å²) in [7, 11) is 1.63. The number of aliphatic imine (C=N–C) groups is 1. The van der Waals surface area contributed by atoms with Crippen LogP contribution in [0.15, 0.2) is 21.6 Å². The highest BCUT2D eigenvalue weighted by Gasteiger charge is 2.46. The lowest BCUT2D eigenvalue weighted by Gasteiger charge is -2.28. The molecule has 20 heavy (non-hydrogen) atoms. The molecular formula is C15H16BrNO3. The molecule has 1 aromatic carbocycles. The van der Waals surface area contributed by atoms with Gasteiger partial charge in [-0.2, -0.15) is 4.99 Å². The summed E-state index contributed by atoms with van der Waals surface area (Å²) in [6, 6.07) is 3.85. The van der Waals surface area contributed by atoms with Crippen molar-refractivity contribution in [3.63, 3.8) is 0 Å². The fraction of sp³-hybridized carbons (Fsp3) is 0.533. The largest absolute Gasteiger partial charge is 0.493 e. The van der Waals surface area contributed by atoms with Crippen LogP contribution >= 0.6 is 15.9 Å². The Morgan fingerprint density at radius 1 is 1.35 bits per heavy atom. The molecule has 2 aliphatic carbocycles. The molecule has 5 heteroatoms. The van der Waals surface area contributed by atoms with E-state index in [1.807, 2.05) is 12.1 Å². The summed E-state index contributed by atoms with van der Waals surface area (Å²) in [5.41, 5.74) is 0.570. The average Bonchev–Trinajstić information content (AvgIpc) is 3.15. The van der Waals surface area contributed by atoms with E-state index >= 15 is 0 Å². The third-order valence-electron chi connectivity index (χ3n) is 4.08. The number of benzene rings is 1. The summed E-state index contributed by atoms with van der Waals surface area (Å²) < 4.78 is 12.3. The first-order valence-corrected chi connectivity index (χ1v) is 7.61. The Balaban J connectivity index is 1.97. The van der Waals surface area contributed by atoms with E-state index in [0.717, 1.165) is 41.5 Å². The summed E-state index contributed by atoms with van der Waals surface area (Å²) in [5, 5.41) is 0. The number of methoxy groups -OCH3 is 1. The van der Waals surface area contributed by atoms with Crippen LogP contribution in [0.1, 0.15) is 37.7 Å². The molecule has 0 spiro atoms. The van der Waals surface area contributed by atoms with E-state index in [4.69, 9.17) is 9.47 Å². The third kappa shape index (κ3) is 2.36. The van der Waals surface area contributed by atoms with Gasteiger partial charge in [0.1, 0.15) is 0 Å². The molecule has 3 rings (SSSR count). The number of rotatable bonds is 5. The number of nitrogens with zero attached hydrogens (tertiary/aromatic N) is 1. The molecule has 0 aliphatic heterocycles. The molecule has 106 valence electrons. The summed E-state index contributed by atoms with van der Waals surface area (Å²) in [6.45, 7) is 0. The first kappa shape index (κ1) is 13.7. The quantitative estimate of drug-likeness (QED) is 0.607. The maximum atomic E-state index is 10.6. The third-order valence-corrected chi connectivity index (χ3v) is 4.74. The lowest BCUT2D eigenvalue weighted by Crippen LogP contribution is -2.25. The van der Waals surface area contributed by atoms with Gasteiger partial charge in [-0.3, -0.25) is 0 Å². The van der Waals surface area contributed by atoms with Gasteiger partial charge in [0, 0.05) is 4.47 Å². The number of ether oxygens (including phenoxy) is 2. The zero-order valence-electron chi connectivity index (χ0n) is 11.3. The van der Waals surface area contributed by atoms with Gasteiger partial charge in [-0.15, -0.1) is 0 Å². The molecule has 0 unspecified atom stereocenters. The van der Waals surface area contributed by atoms with Crippen molar-refractivity contribution in [3.8, 4) is 11.5 Å². The van der Waals surface area contributed by atoms with Crippen molar-refractivity contribution in [2.24, 2.45) is 4.99 Å². The van der Waals surface area contributed by atoms with Gasteiger partial charge in [0.15, 0.2) is 11.5 Å². The SMILES string of the molecule is COc1cc(Br)c(C2(N=C=O)CC2)cc1OC1CCC1. The first-order valence-electron chi connectivity index (χ1n) is 6.82. The van der Waals surface area contributed by atoms with Crippen LogP contribution < -0.4 is 9.47 Å². The number of hydrogen-bond acceptors (Lipinski definition) is 4. The second-order valence-corrected chi connectivity index (χ2v) is 6.24. The van der Waals surface area contributed by atoms with Gasteiger partial charge >= 0.3 is 0 Å². The van der Waals surface area contributed by atoms with Crippen molar-refractivity contribution in [1.82, 2.24) is 0 Å². The zero-order valence-corrected chi connectivity index (χ0v) is 12.9. The van der Waals surface area contributed by atoms with Gasteiger partial charge in [-0.05, 0) is 49.8 Å². The highest BCUT2D eigenvalue weighted by molar-refractivity contribution is 9.10. The van der Waals surface area contributed by atoms with Crippen LogP contribution in [0.5, 0.6) is 11.5 Å². The second kappa shape index (κ2) is 5.23. The minimum absolute atomic E-state index is 0.280. The van der Waals surface area contributed by atoms with Crippen molar-refractivity contribution in [2.75, 3.05) is 7.11 Å². The lowest BCUT2D eigenvalue weighted by molar-refractivity contribution is 0.116. The fourth-order valence-electron chi connectivity index (χ4n) is 2.46. The topological polar surface area (TPSA) is 47.9 Å². The number of halogens is 1. The molecule has 0 amide bonds. The van der Waals surface area contributed by atoms with Crippen molar-refractivity contribution >= 4 is 22.0 Å². The molecule has 1 aromatic rings. The Hall–Kier alpha value is -1.32. The van der Waals surface area contributed by atoms with Crippen molar-refractivity contribution in [2.45, 2.75) is 43.7 Å². The molecule has 0 heterocycles. The van der Waals surface area contributed by atoms with Crippen LogP contribution in [0.2, 0.25) is 0 Å². The van der Waals surface area contributed by atoms with Gasteiger partial charge in [-0.25, -0.2) is 4.79 Å². The molecule has 0 atom stereocenters. The summed E-state index contributed by atoms with van der Waals surface area (Å²) >= 11 is 3.54. The molecule has 0 aromatic heterocycles. The Morgan fingerprint density at radius 3 is 2.60 bits per heavy atom. The monoisotopic (exact) mass is 337 g/mol. The predicted molar refractivity (Wildman–Crippen MR) is 78.0 cm³/mol. The molecule has 2 aliphatic rings. The van der Waals surface area contributed by atoms with E-state index in [2.05, 4.69) is 20.9 Å². The number of carbonyl (C=O) groups excluding carboxylic acids is 1. The van der Waals surface area contributed by atoms with E-state index in [-0.39, 0.29) is 6.10 Å². The van der Waals surface area contributed by atoms with Gasteiger partial charge in [0.05, 0.1) is 18.8 Å². The van der Waals surface area contributed by atoms with Gasteiger partial charge < -0.3 is 9.47 Å². The molecule has 0 radical (unpaired) electrons. The Labute approximate surface area is 126 Å². The van der Waals surface area contributed by atoms with Crippen LogP contribution in [0, 0.1) is 0 Å². The second-order valence-electron chi connectivity index (χ2n) is 5.39. The van der Waals surface area contributed by atoms with Crippen molar-refractivity contribution in [1.29, 1.82) is 0 Å². The van der Waals surface area contributed by atoms with Crippen LogP contribution in [0.3, 0.4) is 0 Å². The maximum absolute atomic E-state index is 10.6. The molecular weight excluding hydrogens is 322 g/mol. The summed E-state index contributed by atoms with van der Waals surface area (Å²) in [5.74, 6) is 1.45. The molecule has 2 fully saturated rings. The van der Waals surface area contributed by atoms with E-state index in [9.17, 15) is 4.79 Å². The minimum atomic E-state index is -0.412. The number of hydrogen-bond donors (Lipinski definition) is 0. The standard InChI is InChI=1S/C15H16BrNO3/c1-19-13-8-12(16)11(15(5-6-15)17-9-18)7-14(13)20-10-3-2-4-10/h7-8,10H,2-6H2,1H3. The van der Waals surface area contributed by atoms with Crippen molar-refractivity contribution < 1.29 is 14.3 Å². The van der Waals surface area contributed by atoms with Crippen LogP contribution in [0.4, 0.5) is 0 Å². The van der Waals surface area contributed by atoms with Gasteiger partial charge in [0.25, 0.3) is 0 Å². The minimum Gasteiger partial charge on any atom is -0.493 e. The van der Waals surface area contributed by atoms with E-state index < -0.39 is 5.54 Å². The molecule has 0 saturated heterocycles. The summed E-state index contributed by atoms with van der Waals surface area (Å²) in [6.07, 6.45) is 7.11. The highest BCUT2D eigenvalue weighted by Crippen LogP contribution is 2.53. The van der Waals surface area contributed by atoms with Crippen LogP contribution in [0.25, 0.3) is 0 Å². The van der Waals surface area contributed by atoms with Gasteiger partial charge in [-0.1, -0.05) is 15.9 Å². The van der Waals surface area contributed by atoms with E-state index in [0.29, 0.717) is 5.75 Å². The predicted octanol–water partition coefficient (Wildman–Crippen LogP) is 3.71. The smallest absolute Gasteiger partial charge is 0.235 e. The lowest BCUT2D eigenvalue weighted by atomic mass is 9.96. The molecule has 0 bridgehead atoms. The van der Waals surface area contributed by atoms with Crippen LogP contribution in [-0.4, -0.2) is 19.3 Å². The normalized spacial score (nSPS) is 19.7. The zero-order chi connectivity index (χ0) is 14.2. The molecule has 2 saturated carbocycles. The molecule has 4 nitrogen and oxygen atoms in total. The Morgan fingerprint density at radius 2 is 2.10 bits per heavy atom. The first-order chi connectivity index (χ1) is 9.68. The van der Waals surface area contributed by atoms with E-state index in [1.54, 1.807) is 13.2 Å². The maximum Gasteiger partial charge on any atom is 0.235 e. The number of isocyanates is 1. The fourth-order valence-corrected chi connectivity index (χ4v) is 3.15. The average molecular weight is 338 g/mol. The van der Waals surface area contributed by atoms with Crippen molar-refractivity contribution in [3.05, 3.63) is 22.2 Å². The Bertz CT molecular complexity index is 573. The van der Waals surface area contributed by atoms with E-state index in [1.165, 1.54) is 6.42 Å². The molecule has 0 N–H and O–H groups in total. The van der Waals surface area contributed by atoms with Crippen LogP contribution in [-0.2, 0) is 10.3 Å². The Kier molecular flexibility index (Phi) is 3.57.